The van der Waals surface area contributed by atoms with E-state index < -0.39 is 16.3 Å². The summed E-state index contributed by atoms with van der Waals surface area (Å²) in [6.07, 6.45) is 0. The third kappa shape index (κ3) is 4.82. The zero-order valence-corrected chi connectivity index (χ0v) is 19.0. The molecular formula is C26H24FN5O3. The SMILES string of the molecule is O=c1c2cc([N+](=O)[O-])ccc2nc(CN2CCN(Cc3ccccc3)CC2)n1-c1ccccc1F. The molecular weight excluding hydrogens is 449 g/mol. The maximum atomic E-state index is 14.8. The van der Waals surface area contributed by atoms with Gasteiger partial charge in [-0.25, -0.2) is 9.37 Å². The van der Waals surface area contributed by atoms with Crippen LogP contribution in [0, 0.1) is 15.9 Å². The minimum absolute atomic E-state index is 0.0797. The van der Waals surface area contributed by atoms with Crippen molar-refractivity contribution in [2.75, 3.05) is 26.2 Å². The lowest BCUT2D eigenvalue weighted by Crippen LogP contribution is -2.46. The van der Waals surface area contributed by atoms with E-state index in [4.69, 9.17) is 0 Å². The minimum atomic E-state index is -0.560. The monoisotopic (exact) mass is 473 g/mol. The number of aromatic nitrogens is 2. The quantitative estimate of drug-likeness (QED) is 0.313. The molecule has 1 aliphatic rings. The number of nitro groups is 1. The van der Waals surface area contributed by atoms with Gasteiger partial charge in [0.05, 0.1) is 28.1 Å². The lowest BCUT2D eigenvalue weighted by molar-refractivity contribution is -0.384. The molecule has 4 aromatic rings. The second-order valence-electron chi connectivity index (χ2n) is 8.62. The zero-order valence-electron chi connectivity index (χ0n) is 19.0. The van der Waals surface area contributed by atoms with Crippen LogP contribution in [0.15, 0.2) is 77.6 Å². The van der Waals surface area contributed by atoms with Crippen LogP contribution >= 0.6 is 0 Å². The molecule has 0 amide bonds. The van der Waals surface area contributed by atoms with Crippen molar-refractivity contribution in [3.8, 4) is 5.69 Å². The molecule has 0 aliphatic carbocycles. The second kappa shape index (κ2) is 9.73. The van der Waals surface area contributed by atoms with Gasteiger partial charge in [0.15, 0.2) is 0 Å². The summed E-state index contributed by atoms with van der Waals surface area (Å²) < 4.78 is 16.0. The van der Waals surface area contributed by atoms with Crippen LogP contribution in [0.1, 0.15) is 11.4 Å². The lowest BCUT2D eigenvalue weighted by Gasteiger charge is -2.34. The van der Waals surface area contributed by atoms with Gasteiger partial charge in [-0.2, -0.15) is 0 Å². The number of piperazine rings is 1. The smallest absolute Gasteiger partial charge is 0.270 e. The van der Waals surface area contributed by atoms with Crippen molar-refractivity contribution in [2.45, 2.75) is 13.1 Å². The van der Waals surface area contributed by atoms with E-state index in [9.17, 15) is 19.3 Å². The van der Waals surface area contributed by atoms with E-state index in [-0.39, 0.29) is 16.8 Å². The molecule has 1 aliphatic heterocycles. The van der Waals surface area contributed by atoms with E-state index in [1.165, 1.54) is 40.5 Å². The van der Waals surface area contributed by atoms with Crippen LogP contribution in [0.2, 0.25) is 0 Å². The molecule has 5 rings (SSSR count). The molecule has 2 heterocycles. The fourth-order valence-corrected chi connectivity index (χ4v) is 4.47. The van der Waals surface area contributed by atoms with Gasteiger partial charge in [0.2, 0.25) is 0 Å². The molecule has 0 unspecified atom stereocenters. The van der Waals surface area contributed by atoms with Gasteiger partial charge in [0, 0.05) is 44.9 Å². The average Bonchev–Trinajstić information content (AvgIpc) is 2.87. The molecule has 0 atom stereocenters. The molecule has 35 heavy (non-hydrogen) atoms. The number of nitro benzene ring substituents is 1. The highest BCUT2D eigenvalue weighted by Crippen LogP contribution is 2.21. The summed E-state index contributed by atoms with van der Waals surface area (Å²) in [4.78, 5) is 33.4. The molecule has 1 aromatic heterocycles. The first kappa shape index (κ1) is 22.8. The van der Waals surface area contributed by atoms with Crippen LogP contribution in [0.5, 0.6) is 0 Å². The van der Waals surface area contributed by atoms with Gasteiger partial charge in [-0.3, -0.25) is 29.3 Å². The highest BCUT2D eigenvalue weighted by molar-refractivity contribution is 5.80. The van der Waals surface area contributed by atoms with Gasteiger partial charge in [0.25, 0.3) is 11.2 Å². The number of rotatable bonds is 6. The normalized spacial score (nSPS) is 14.9. The maximum Gasteiger partial charge on any atom is 0.270 e. The Morgan fingerprint density at radius 1 is 0.886 bits per heavy atom. The Labute approximate surface area is 201 Å². The van der Waals surface area contributed by atoms with E-state index >= 15 is 0 Å². The first-order valence-corrected chi connectivity index (χ1v) is 11.4. The molecule has 1 saturated heterocycles. The molecule has 8 nitrogen and oxygen atoms in total. The van der Waals surface area contributed by atoms with Crippen LogP contribution < -0.4 is 5.56 Å². The number of benzene rings is 3. The molecule has 0 spiro atoms. The fraction of sp³-hybridized carbons (Fsp3) is 0.231. The lowest BCUT2D eigenvalue weighted by atomic mass is 10.2. The Bertz CT molecular complexity index is 1430. The summed E-state index contributed by atoms with van der Waals surface area (Å²) >= 11 is 0. The van der Waals surface area contributed by atoms with E-state index in [0.29, 0.717) is 17.9 Å². The molecule has 1 fully saturated rings. The molecule has 0 N–H and O–H groups in total. The van der Waals surface area contributed by atoms with E-state index in [0.717, 1.165) is 32.7 Å². The van der Waals surface area contributed by atoms with Crippen molar-refractivity contribution in [1.82, 2.24) is 19.4 Å². The van der Waals surface area contributed by atoms with Crippen LogP contribution in [0.3, 0.4) is 0 Å². The van der Waals surface area contributed by atoms with Gasteiger partial charge < -0.3 is 0 Å². The number of fused-ring (bicyclic) bond motifs is 1. The Balaban J connectivity index is 1.46. The largest absolute Gasteiger partial charge is 0.297 e. The summed E-state index contributed by atoms with van der Waals surface area (Å²) in [7, 11) is 0. The van der Waals surface area contributed by atoms with Crippen molar-refractivity contribution >= 4 is 16.6 Å². The number of para-hydroxylation sites is 1. The zero-order chi connectivity index (χ0) is 24.4. The maximum absolute atomic E-state index is 14.8. The summed E-state index contributed by atoms with van der Waals surface area (Å²) in [5.74, 6) is -0.159. The van der Waals surface area contributed by atoms with E-state index in [1.54, 1.807) is 12.1 Å². The summed E-state index contributed by atoms with van der Waals surface area (Å²) in [5.41, 5.74) is 0.960. The molecule has 178 valence electrons. The Morgan fingerprint density at radius 2 is 1.54 bits per heavy atom. The fourth-order valence-electron chi connectivity index (χ4n) is 4.47. The van der Waals surface area contributed by atoms with Gasteiger partial charge in [-0.15, -0.1) is 0 Å². The number of non-ortho nitro benzene ring substituents is 1. The highest BCUT2D eigenvalue weighted by atomic mass is 19.1. The van der Waals surface area contributed by atoms with Crippen LogP contribution in [-0.4, -0.2) is 50.5 Å². The molecule has 0 bridgehead atoms. The van der Waals surface area contributed by atoms with E-state index in [2.05, 4.69) is 26.9 Å². The van der Waals surface area contributed by atoms with Crippen LogP contribution in [0.25, 0.3) is 16.6 Å². The van der Waals surface area contributed by atoms with Gasteiger partial charge >= 0.3 is 0 Å². The number of hydrogen-bond acceptors (Lipinski definition) is 6. The van der Waals surface area contributed by atoms with Crippen LogP contribution in [-0.2, 0) is 13.1 Å². The predicted octanol–water partition coefficient (Wildman–Crippen LogP) is 3.75. The predicted molar refractivity (Wildman–Crippen MR) is 131 cm³/mol. The minimum Gasteiger partial charge on any atom is -0.297 e. The highest BCUT2D eigenvalue weighted by Gasteiger charge is 2.22. The van der Waals surface area contributed by atoms with Gasteiger partial charge in [0.1, 0.15) is 11.6 Å². The topological polar surface area (TPSA) is 84.5 Å². The average molecular weight is 474 g/mol. The Morgan fingerprint density at radius 3 is 2.23 bits per heavy atom. The summed E-state index contributed by atoms with van der Waals surface area (Å²) in [6, 6.07) is 20.3. The number of hydrogen-bond donors (Lipinski definition) is 0. The summed E-state index contributed by atoms with van der Waals surface area (Å²) in [6.45, 7) is 4.51. The first-order chi connectivity index (χ1) is 17.0. The first-order valence-electron chi connectivity index (χ1n) is 11.4. The van der Waals surface area contributed by atoms with Crippen molar-refractivity contribution in [3.63, 3.8) is 0 Å². The van der Waals surface area contributed by atoms with Gasteiger partial charge in [-0.05, 0) is 23.8 Å². The third-order valence-electron chi connectivity index (χ3n) is 6.30. The molecule has 0 saturated carbocycles. The van der Waals surface area contributed by atoms with E-state index in [1.807, 2.05) is 18.2 Å². The molecule has 0 radical (unpaired) electrons. The standard InChI is InChI=1S/C26H24FN5O3/c27-22-8-4-5-9-24(22)31-25(28-23-11-10-20(32(34)35)16-21(23)26(31)33)18-30-14-12-29(13-15-30)17-19-6-2-1-3-7-19/h1-11,16H,12-15,17-18H2. The molecule has 9 heteroatoms. The van der Waals surface area contributed by atoms with Crippen LogP contribution in [0.4, 0.5) is 10.1 Å². The second-order valence-corrected chi connectivity index (χ2v) is 8.62. The Hall–Kier alpha value is -3.95. The summed E-state index contributed by atoms with van der Waals surface area (Å²) in [5, 5.41) is 11.3. The Kier molecular flexibility index (Phi) is 6.35. The third-order valence-corrected chi connectivity index (χ3v) is 6.30. The van der Waals surface area contributed by atoms with Gasteiger partial charge in [-0.1, -0.05) is 42.5 Å². The molecule has 3 aromatic carbocycles. The van der Waals surface area contributed by atoms with Crippen molar-refractivity contribution in [2.24, 2.45) is 0 Å². The van der Waals surface area contributed by atoms with Crippen molar-refractivity contribution in [1.29, 1.82) is 0 Å². The number of nitrogens with zero attached hydrogens (tertiary/aromatic N) is 5. The van der Waals surface area contributed by atoms with Crippen molar-refractivity contribution < 1.29 is 9.31 Å². The van der Waals surface area contributed by atoms with Crippen molar-refractivity contribution in [3.05, 3.63) is 110 Å². The number of halogens is 1.